The number of amides is 2. The Morgan fingerprint density at radius 2 is 1.37 bits per heavy atom. The molecule has 2 N–H and O–H groups in total. The quantitative estimate of drug-likeness (QED) is 0.245. The highest BCUT2D eigenvalue weighted by molar-refractivity contribution is 6.14. The standard InChI is InChI=1S/C20H24FNO8/c1-22-17(25)15(19(27)29-10-2-8-23)14(12-4-6-13(21)7-5-12)16(18(22)26)20(28)30-11-3-9-24/h4-7,14-16,23-24H,2-3,8-11H2,1H3/t14?,15-,16?/m1/s1. The number of imide groups is 1. The molecule has 0 spiro atoms. The zero-order valence-electron chi connectivity index (χ0n) is 16.5. The van der Waals surface area contributed by atoms with Crippen LogP contribution >= 0.6 is 0 Å². The molecule has 0 saturated carbocycles. The van der Waals surface area contributed by atoms with Crippen molar-refractivity contribution in [3.05, 3.63) is 35.6 Å². The first kappa shape index (κ1) is 23.4. The van der Waals surface area contributed by atoms with Crippen molar-refractivity contribution in [2.75, 3.05) is 33.5 Å². The summed E-state index contributed by atoms with van der Waals surface area (Å²) >= 11 is 0. The van der Waals surface area contributed by atoms with Gasteiger partial charge < -0.3 is 19.7 Å². The Balaban J connectivity index is 2.46. The molecule has 10 heteroatoms. The average Bonchev–Trinajstić information content (AvgIpc) is 2.72. The molecule has 1 saturated heterocycles. The Morgan fingerprint density at radius 1 is 0.933 bits per heavy atom. The van der Waals surface area contributed by atoms with Crippen molar-refractivity contribution in [3.8, 4) is 0 Å². The van der Waals surface area contributed by atoms with Crippen molar-refractivity contribution in [2.45, 2.75) is 18.8 Å². The highest BCUT2D eigenvalue weighted by atomic mass is 19.1. The first-order valence-electron chi connectivity index (χ1n) is 9.45. The molecule has 2 rings (SSSR count). The number of hydrogen-bond acceptors (Lipinski definition) is 8. The lowest BCUT2D eigenvalue weighted by atomic mass is 9.72. The molecule has 1 aromatic carbocycles. The van der Waals surface area contributed by atoms with Crippen LogP contribution in [0.5, 0.6) is 0 Å². The summed E-state index contributed by atoms with van der Waals surface area (Å²) in [6.07, 6.45) is 0.296. The second-order valence-electron chi connectivity index (χ2n) is 6.76. The highest BCUT2D eigenvalue weighted by Crippen LogP contribution is 2.40. The number of nitrogens with zero attached hydrogens (tertiary/aromatic N) is 1. The van der Waals surface area contributed by atoms with Crippen molar-refractivity contribution >= 4 is 23.8 Å². The number of hydrogen-bond donors (Lipinski definition) is 2. The summed E-state index contributed by atoms with van der Waals surface area (Å²) in [6.45, 7) is -0.770. The van der Waals surface area contributed by atoms with Crippen LogP contribution in [0.1, 0.15) is 24.3 Å². The van der Waals surface area contributed by atoms with E-state index in [0.717, 1.165) is 19.2 Å². The van der Waals surface area contributed by atoms with Crippen molar-refractivity contribution in [1.29, 1.82) is 0 Å². The number of ether oxygens (including phenoxy) is 2. The molecular formula is C20H24FNO8. The SMILES string of the molecule is CN1C(=O)C(C(=O)OCCCO)C(c2ccc(F)cc2)[C@@H](C(=O)OCCCO)C1=O. The van der Waals surface area contributed by atoms with E-state index >= 15 is 0 Å². The molecule has 0 radical (unpaired) electrons. The number of carbonyl (C=O) groups is 4. The molecule has 3 atom stereocenters. The van der Waals surface area contributed by atoms with Gasteiger partial charge in [-0.25, -0.2) is 4.39 Å². The average molecular weight is 425 g/mol. The molecule has 30 heavy (non-hydrogen) atoms. The zero-order valence-corrected chi connectivity index (χ0v) is 16.5. The van der Waals surface area contributed by atoms with E-state index in [1.54, 1.807) is 0 Å². The number of carbonyl (C=O) groups excluding carboxylic acids is 4. The molecule has 1 aliphatic rings. The van der Waals surface area contributed by atoms with E-state index < -0.39 is 47.3 Å². The number of benzene rings is 1. The van der Waals surface area contributed by atoms with E-state index in [4.69, 9.17) is 19.7 Å². The summed E-state index contributed by atoms with van der Waals surface area (Å²) in [4.78, 5) is 51.6. The largest absolute Gasteiger partial charge is 0.465 e. The van der Waals surface area contributed by atoms with Gasteiger partial charge in [-0.2, -0.15) is 0 Å². The second-order valence-corrected chi connectivity index (χ2v) is 6.76. The summed E-state index contributed by atoms with van der Waals surface area (Å²) < 4.78 is 23.5. The minimum atomic E-state index is -1.53. The molecule has 1 heterocycles. The maximum atomic E-state index is 13.4. The van der Waals surface area contributed by atoms with Crippen molar-refractivity contribution in [1.82, 2.24) is 4.90 Å². The van der Waals surface area contributed by atoms with Crippen LogP contribution in [-0.4, -0.2) is 72.3 Å². The Labute approximate surface area is 172 Å². The molecule has 0 aromatic heterocycles. The van der Waals surface area contributed by atoms with Gasteiger partial charge in [-0.05, 0) is 17.7 Å². The van der Waals surface area contributed by atoms with Gasteiger partial charge in [-0.15, -0.1) is 0 Å². The maximum Gasteiger partial charge on any atom is 0.319 e. The van der Waals surface area contributed by atoms with Gasteiger partial charge in [0.15, 0.2) is 0 Å². The van der Waals surface area contributed by atoms with Crippen LogP contribution < -0.4 is 0 Å². The van der Waals surface area contributed by atoms with Crippen molar-refractivity contribution in [3.63, 3.8) is 0 Å². The fourth-order valence-corrected chi connectivity index (χ4v) is 3.24. The van der Waals surface area contributed by atoms with Crippen LogP contribution in [0.4, 0.5) is 4.39 Å². The number of piperidine rings is 1. The van der Waals surface area contributed by atoms with Crippen LogP contribution in [0, 0.1) is 17.7 Å². The number of aliphatic hydroxyl groups excluding tert-OH is 2. The second kappa shape index (κ2) is 10.8. The number of esters is 2. The predicted molar refractivity (Wildman–Crippen MR) is 99.2 cm³/mol. The normalized spacial score (nSPS) is 21.5. The van der Waals surface area contributed by atoms with E-state index in [-0.39, 0.29) is 44.8 Å². The van der Waals surface area contributed by atoms with Crippen LogP contribution in [0.25, 0.3) is 0 Å². The van der Waals surface area contributed by atoms with Crippen molar-refractivity contribution in [2.24, 2.45) is 11.8 Å². The summed E-state index contributed by atoms with van der Waals surface area (Å²) in [7, 11) is 1.15. The lowest BCUT2D eigenvalue weighted by Crippen LogP contribution is -2.56. The maximum absolute atomic E-state index is 13.4. The topological polar surface area (TPSA) is 130 Å². The number of likely N-dealkylation sites (tertiary alicyclic amines) is 1. The minimum absolute atomic E-state index is 0.148. The van der Waals surface area contributed by atoms with Gasteiger partial charge in [0.05, 0.1) is 13.2 Å². The summed E-state index contributed by atoms with van der Waals surface area (Å²) in [5.74, 6) is -8.55. The molecule has 0 bridgehead atoms. The van der Waals surface area contributed by atoms with E-state index in [1.165, 1.54) is 12.1 Å². The minimum Gasteiger partial charge on any atom is -0.465 e. The van der Waals surface area contributed by atoms with Gasteiger partial charge in [-0.1, -0.05) is 12.1 Å². The summed E-state index contributed by atoms with van der Waals surface area (Å²) in [6, 6.07) is 4.75. The van der Waals surface area contributed by atoms with Crippen LogP contribution in [0.2, 0.25) is 0 Å². The Kier molecular flexibility index (Phi) is 8.43. The Bertz CT molecular complexity index is 740. The number of aliphatic hydroxyl groups is 2. The summed E-state index contributed by atoms with van der Waals surface area (Å²) in [5, 5.41) is 17.7. The van der Waals surface area contributed by atoms with Gasteiger partial charge in [0.1, 0.15) is 17.7 Å². The van der Waals surface area contributed by atoms with E-state index in [1.807, 2.05) is 0 Å². The third-order valence-corrected chi connectivity index (χ3v) is 4.77. The van der Waals surface area contributed by atoms with Crippen molar-refractivity contribution < 1.29 is 43.3 Å². The number of rotatable bonds is 9. The molecule has 0 aliphatic carbocycles. The van der Waals surface area contributed by atoms with E-state index in [0.29, 0.717) is 4.90 Å². The van der Waals surface area contributed by atoms with E-state index in [2.05, 4.69) is 0 Å². The lowest BCUT2D eigenvalue weighted by Gasteiger charge is -2.38. The van der Waals surface area contributed by atoms with E-state index in [9.17, 15) is 23.6 Å². The fraction of sp³-hybridized carbons (Fsp3) is 0.500. The summed E-state index contributed by atoms with van der Waals surface area (Å²) in [5.41, 5.74) is 0.222. The third-order valence-electron chi connectivity index (χ3n) is 4.77. The third kappa shape index (κ3) is 5.19. The first-order valence-corrected chi connectivity index (χ1v) is 9.45. The zero-order chi connectivity index (χ0) is 22.3. The van der Waals surface area contributed by atoms with Gasteiger partial charge in [-0.3, -0.25) is 24.1 Å². The monoisotopic (exact) mass is 425 g/mol. The van der Waals surface area contributed by atoms with Gasteiger partial charge in [0.2, 0.25) is 11.8 Å². The molecule has 1 fully saturated rings. The van der Waals surface area contributed by atoms with Crippen LogP contribution in [-0.2, 0) is 28.7 Å². The van der Waals surface area contributed by atoms with Gasteiger partial charge >= 0.3 is 11.9 Å². The van der Waals surface area contributed by atoms with Gasteiger partial charge in [0.25, 0.3) is 0 Å². The smallest absolute Gasteiger partial charge is 0.319 e. The lowest BCUT2D eigenvalue weighted by molar-refractivity contribution is -0.171. The highest BCUT2D eigenvalue weighted by Gasteiger charge is 2.55. The fourth-order valence-electron chi connectivity index (χ4n) is 3.24. The Morgan fingerprint density at radius 3 is 1.77 bits per heavy atom. The molecular weight excluding hydrogens is 401 g/mol. The first-order chi connectivity index (χ1) is 14.3. The molecule has 2 unspecified atom stereocenters. The predicted octanol–water partition coefficient (Wildman–Crippen LogP) is -0.00850. The van der Waals surface area contributed by atoms with Crippen LogP contribution in [0.15, 0.2) is 24.3 Å². The van der Waals surface area contributed by atoms with Gasteiger partial charge in [0, 0.05) is 39.0 Å². The molecule has 9 nitrogen and oxygen atoms in total. The van der Waals surface area contributed by atoms with Crippen LogP contribution in [0.3, 0.4) is 0 Å². The Hall–Kier alpha value is -2.85. The number of halogens is 1. The molecule has 1 aromatic rings. The molecule has 2 amide bonds. The molecule has 164 valence electrons. The molecule has 1 aliphatic heterocycles.